The van der Waals surface area contributed by atoms with E-state index in [9.17, 15) is 19.2 Å². The van der Waals surface area contributed by atoms with E-state index in [0.717, 1.165) is 36.4 Å². The molecule has 5 rings (SSSR count). The number of anilines is 1. The molecule has 0 radical (unpaired) electrons. The Morgan fingerprint density at radius 2 is 2.00 bits per heavy atom. The molecule has 2 aromatic rings. The summed E-state index contributed by atoms with van der Waals surface area (Å²) in [6.07, 6.45) is 3.05. The average Bonchev–Trinajstić information content (AvgIpc) is 3.49. The Labute approximate surface area is 236 Å². The van der Waals surface area contributed by atoms with E-state index in [4.69, 9.17) is 11.6 Å². The number of carbonyl (C=O) groups excluding carboxylic acids is 4. The normalized spacial score (nSPS) is 26.1. The van der Waals surface area contributed by atoms with Gasteiger partial charge < -0.3 is 30.5 Å². The number of hydrogen-bond acceptors (Lipinski definition) is 8. The number of fused-ring (bicyclic) bond motifs is 2. The number of likely N-dealkylation sites (N-methyl/N-ethyl adjacent to an activating group) is 1. The van der Waals surface area contributed by atoms with Crippen molar-refractivity contribution in [2.24, 2.45) is 5.92 Å². The van der Waals surface area contributed by atoms with Gasteiger partial charge in [0.15, 0.2) is 5.01 Å². The topological polar surface area (TPSA) is 124 Å². The first-order chi connectivity index (χ1) is 18.6. The molecule has 2 aliphatic heterocycles. The Hall–Kier alpha value is -3.02. The Bertz CT molecular complexity index is 1300. The van der Waals surface area contributed by atoms with Gasteiger partial charge in [-0.05, 0) is 50.1 Å². The highest BCUT2D eigenvalue weighted by molar-refractivity contribution is 7.13. The van der Waals surface area contributed by atoms with Crippen LogP contribution < -0.4 is 16.0 Å². The van der Waals surface area contributed by atoms with Crippen LogP contribution in [0.3, 0.4) is 0 Å². The lowest BCUT2D eigenvalue weighted by Gasteiger charge is -2.37. The minimum absolute atomic E-state index is 0.00224. The van der Waals surface area contributed by atoms with Crippen LogP contribution in [-0.4, -0.2) is 84.6 Å². The van der Waals surface area contributed by atoms with Crippen LogP contribution in [0.5, 0.6) is 0 Å². The molecule has 2 unspecified atom stereocenters. The standard InChI is InChI=1S/C27H33ClN6O4S/c1-33(2)27(38)14-4-6-19(30-24(36)23-17(13-35)16-11-15(28)5-7-18(16)29-23)21(10-14)31-25(37)26-32-20-8-9-34(3)12-22(20)39-26/h5,7,11,13-14,17,19,21,23,29H,4,6,8-10,12H2,1-3H3,(H,30,36)(H,31,37)/t14-,17?,19-,21+,23?/m0/s1. The maximum atomic E-state index is 13.5. The van der Waals surface area contributed by atoms with Gasteiger partial charge in [-0.15, -0.1) is 11.3 Å². The predicted octanol–water partition coefficient (Wildman–Crippen LogP) is 2.03. The second-order valence-electron chi connectivity index (χ2n) is 10.8. The fraction of sp³-hybridized carbons (Fsp3) is 0.519. The van der Waals surface area contributed by atoms with Crippen molar-refractivity contribution < 1.29 is 19.2 Å². The van der Waals surface area contributed by atoms with Crippen LogP contribution >= 0.6 is 22.9 Å². The van der Waals surface area contributed by atoms with Gasteiger partial charge in [0, 0.05) is 61.2 Å². The molecule has 1 fully saturated rings. The van der Waals surface area contributed by atoms with Crippen LogP contribution in [0.1, 0.15) is 51.1 Å². The van der Waals surface area contributed by atoms with Gasteiger partial charge in [-0.2, -0.15) is 0 Å². The van der Waals surface area contributed by atoms with Gasteiger partial charge in [0.25, 0.3) is 5.91 Å². The number of thiazole rings is 1. The molecule has 1 aliphatic carbocycles. The molecule has 5 atom stereocenters. The number of hydrogen-bond donors (Lipinski definition) is 3. The van der Waals surface area contributed by atoms with Gasteiger partial charge >= 0.3 is 0 Å². The minimum Gasteiger partial charge on any atom is -0.373 e. The maximum absolute atomic E-state index is 13.5. The zero-order valence-corrected chi connectivity index (χ0v) is 23.8. The van der Waals surface area contributed by atoms with Crippen molar-refractivity contribution in [2.45, 2.75) is 56.3 Å². The predicted molar refractivity (Wildman–Crippen MR) is 149 cm³/mol. The third-order valence-corrected chi connectivity index (χ3v) is 9.19. The number of nitrogens with zero attached hydrogens (tertiary/aromatic N) is 3. The lowest BCUT2D eigenvalue weighted by molar-refractivity contribution is -0.134. The van der Waals surface area contributed by atoms with Crippen molar-refractivity contribution in [2.75, 3.05) is 33.0 Å². The van der Waals surface area contributed by atoms with Crippen molar-refractivity contribution in [3.8, 4) is 0 Å². The Morgan fingerprint density at radius 1 is 1.21 bits per heavy atom. The fourth-order valence-corrected chi connectivity index (χ4v) is 7.05. The lowest BCUT2D eigenvalue weighted by atomic mass is 9.81. The van der Waals surface area contributed by atoms with Crippen molar-refractivity contribution in [3.63, 3.8) is 0 Å². The zero-order valence-electron chi connectivity index (χ0n) is 22.2. The monoisotopic (exact) mass is 572 g/mol. The minimum atomic E-state index is -0.795. The van der Waals surface area contributed by atoms with Crippen LogP contribution in [-0.2, 0) is 27.3 Å². The first-order valence-electron chi connectivity index (χ1n) is 13.2. The van der Waals surface area contributed by atoms with Crippen LogP contribution in [0.25, 0.3) is 0 Å². The van der Waals surface area contributed by atoms with E-state index in [0.29, 0.717) is 40.5 Å². The van der Waals surface area contributed by atoms with E-state index in [1.54, 1.807) is 37.2 Å². The molecule has 3 heterocycles. The van der Waals surface area contributed by atoms with Crippen molar-refractivity contribution >= 4 is 52.6 Å². The summed E-state index contributed by atoms with van der Waals surface area (Å²) in [5, 5.41) is 10.2. The summed E-state index contributed by atoms with van der Waals surface area (Å²) in [6, 6.07) is 3.49. The zero-order chi connectivity index (χ0) is 27.8. The fourth-order valence-electron chi connectivity index (χ4n) is 5.77. The maximum Gasteiger partial charge on any atom is 0.280 e. The lowest BCUT2D eigenvalue weighted by Crippen LogP contribution is -2.58. The molecule has 208 valence electrons. The summed E-state index contributed by atoms with van der Waals surface area (Å²) in [6.45, 7) is 1.66. The third-order valence-electron chi connectivity index (χ3n) is 7.87. The highest BCUT2D eigenvalue weighted by atomic mass is 35.5. The summed E-state index contributed by atoms with van der Waals surface area (Å²) in [5.41, 5.74) is 2.34. The second kappa shape index (κ2) is 11.2. The molecule has 0 spiro atoms. The van der Waals surface area contributed by atoms with Gasteiger partial charge in [0.2, 0.25) is 11.8 Å². The summed E-state index contributed by atoms with van der Waals surface area (Å²) in [5.74, 6) is -1.59. The second-order valence-corrected chi connectivity index (χ2v) is 12.3. The summed E-state index contributed by atoms with van der Waals surface area (Å²) < 4.78 is 0. The van der Waals surface area contributed by atoms with E-state index in [1.807, 2.05) is 7.05 Å². The molecule has 39 heavy (non-hydrogen) atoms. The summed E-state index contributed by atoms with van der Waals surface area (Å²) >= 11 is 7.52. The first-order valence-corrected chi connectivity index (χ1v) is 14.3. The first kappa shape index (κ1) is 27.5. The van der Waals surface area contributed by atoms with E-state index in [-0.39, 0.29) is 23.6 Å². The van der Waals surface area contributed by atoms with Gasteiger partial charge in [0.05, 0.1) is 17.7 Å². The number of nitrogens with one attached hydrogen (secondary N) is 3. The van der Waals surface area contributed by atoms with E-state index >= 15 is 0 Å². The SMILES string of the molecule is CN1CCc2nc(C(=O)N[C@@H]3C[C@@H](C(=O)N(C)C)CC[C@@H]3NC(=O)C3Nc4ccc(Cl)cc4C3C=O)sc2C1. The number of rotatable bonds is 6. The van der Waals surface area contributed by atoms with Gasteiger partial charge in [-0.3, -0.25) is 14.4 Å². The number of amides is 3. The van der Waals surface area contributed by atoms with Gasteiger partial charge in [-0.25, -0.2) is 4.98 Å². The Kier molecular flexibility index (Phi) is 7.93. The largest absolute Gasteiger partial charge is 0.373 e. The number of carbonyl (C=O) groups is 4. The summed E-state index contributed by atoms with van der Waals surface area (Å²) in [4.78, 5) is 61.0. The molecule has 0 saturated heterocycles. The molecule has 3 amide bonds. The molecule has 12 heteroatoms. The highest BCUT2D eigenvalue weighted by Crippen LogP contribution is 2.37. The van der Waals surface area contributed by atoms with E-state index in [2.05, 4.69) is 25.8 Å². The smallest absolute Gasteiger partial charge is 0.280 e. The number of benzene rings is 1. The molecule has 10 nitrogen and oxygen atoms in total. The Balaban J connectivity index is 1.33. The number of aldehydes is 1. The highest BCUT2D eigenvalue weighted by Gasteiger charge is 2.41. The van der Waals surface area contributed by atoms with Crippen molar-refractivity contribution in [1.29, 1.82) is 0 Å². The number of halogens is 1. The van der Waals surface area contributed by atoms with Crippen LogP contribution in [0.15, 0.2) is 18.2 Å². The molecular weight excluding hydrogens is 540 g/mol. The molecule has 0 bridgehead atoms. The Morgan fingerprint density at radius 3 is 2.74 bits per heavy atom. The molecule has 1 saturated carbocycles. The van der Waals surface area contributed by atoms with Crippen LogP contribution in [0, 0.1) is 5.92 Å². The van der Waals surface area contributed by atoms with Gasteiger partial charge in [0.1, 0.15) is 12.3 Å². The molecule has 1 aromatic carbocycles. The van der Waals surface area contributed by atoms with E-state index < -0.39 is 24.0 Å². The van der Waals surface area contributed by atoms with Crippen molar-refractivity contribution in [1.82, 2.24) is 25.4 Å². The third kappa shape index (κ3) is 5.66. The molecule has 3 aliphatic rings. The van der Waals surface area contributed by atoms with E-state index in [1.165, 1.54) is 11.3 Å². The van der Waals surface area contributed by atoms with Crippen LogP contribution in [0.2, 0.25) is 5.02 Å². The molecule has 1 aromatic heterocycles. The molecular formula is C27H33ClN6O4S. The quantitative estimate of drug-likeness (QED) is 0.453. The van der Waals surface area contributed by atoms with Crippen LogP contribution in [0.4, 0.5) is 5.69 Å². The molecule has 3 N–H and O–H groups in total. The average molecular weight is 573 g/mol. The van der Waals surface area contributed by atoms with Crippen molar-refractivity contribution in [3.05, 3.63) is 44.4 Å². The summed E-state index contributed by atoms with van der Waals surface area (Å²) in [7, 11) is 5.48. The number of aromatic nitrogens is 1. The van der Waals surface area contributed by atoms with Gasteiger partial charge in [-0.1, -0.05) is 11.6 Å².